The summed E-state index contributed by atoms with van der Waals surface area (Å²) in [5.41, 5.74) is 26.9. The van der Waals surface area contributed by atoms with Crippen molar-refractivity contribution < 1.29 is 0 Å². The lowest BCUT2D eigenvalue weighted by Gasteiger charge is -2.31. The molecular formula is C72H77N3. The fraction of sp³-hybridized carbons (Fsp3) is 0.250. The highest BCUT2D eigenvalue weighted by molar-refractivity contribution is 5.86. The summed E-state index contributed by atoms with van der Waals surface area (Å²) in [5.74, 6) is 0. The first kappa shape index (κ1) is 52.3. The molecule has 0 bridgehead atoms. The molecule has 380 valence electrons. The SMILES string of the molecule is Cc1cc(C(C)(C)C)cc(C)c1N(c1ccccc1)c1ccc(-c2ccc(N(c3ccc(-c4ccc(N(c5ccccc5)c5c(C)cc(C(C)(C)C)cc5C)cc4)cc3)c3c(C)cc(C(C)(C)C)cc3C)cc2)cc1. The van der Waals surface area contributed by atoms with Gasteiger partial charge in [0.25, 0.3) is 0 Å². The number of hydrogen-bond donors (Lipinski definition) is 0. The predicted octanol–water partition coefficient (Wildman–Crippen LogP) is 21.2. The maximum Gasteiger partial charge on any atom is 0.0520 e. The molecule has 0 fully saturated rings. The number of anilines is 9. The van der Waals surface area contributed by atoms with Gasteiger partial charge in [0.05, 0.1) is 17.1 Å². The Morgan fingerprint density at radius 3 is 0.573 bits per heavy atom. The molecule has 3 heteroatoms. The average Bonchev–Trinajstić information content (AvgIpc) is 3.37. The number of para-hydroxylation sites is 2. The van der Waals surface area contributed by atoms with E-state index in [-0.39, 0.29) is 16.2 Å². The Morgan fingerprint density at radius 1 is 0.227 bits per heavy atom. The standard InChI is InChI=1S/C72H77N3/c1-48-42-58(70(7,8)9)43-49(2)67(48)73(61-22-18-16-19-23-61)63-34-26-54(27-35-63)56-30-38-65(39-31-56)75(69-52(5)46-60(47-53(69)6)72(13,14)15)66-40-32-57(33-41-66)55-28-36-64(37-29-55)74(62-24-20-17-21-25-62)68-50(3)44-59(45-51(68)4)71(10,11)12/h16-47H,1-15H3. The van der Waals surface area contributed by atoms with Crippen molar-refractivity contribution >= 4 is 51.2 Å². The summed E-state index contributed by atoms with van der Waals surface area (Å²) in [6.07, 6.45) is 0. The molecule has 0 spiro atoms. The third-order valence-electron chi connectivity index (χ3n) is 14.9. The van der Waals surface area contributed by atoms with E-state index < -0.39 is 0 Å². The lowest BCUT2D eigenvalue weighted by atomic mass is 9.84. The summed E-state index contributed by atoms with van der Waals surface area (Å²) in [6, 6.07) is 72.1. The summed E-state index contributed by atoms with van der Waals surface area (Å²) in [6.45, 7) is 34.1. The second-order valence-electron chi connectivity index (χ2n) is 24.0. The second kappa shape index (κ2) is 20.6. The third kappa shape index (κ3) is 11.0. The van der Waals surface area contributed by atoms with E-state index in [0.717, 1.165) is 34.1 Å². The highest BCUT2D eigenvalue weighted by Crippen LogP contribution is 2.45. The zero-order chi connectivity index (χ0) is 53.6. The number of hydrogen-bond acceptors (Lipinski definition) is 3. The first-order valence-corrected chi connectivity index (χ1v) is 26.8. The molecule has 0 aromatic heterocycles. The van der Waals surface area contributed by atoms with Crippen LogP contribution in [-0.2, 0) is 16.2 Å². The summed E-state index contributed by atoms with van der Waals surface area (Å²) in [7, 11) is 0. The Balaban J connectivity index is 1.05. The van der Waals surface area contributed by atoms with Crippen molar-refractivity contribution in [2.45, 2.75) is 120 Å². The fourth-order valence-electron chi connectivity index (χ4n) is 10.8. The van der Waals surface area contributed by atoms with E-state index in [1.807, 2.05) is 0 Å². The van der Waals surface area contributed by atoms with Gasteiger partial charge >= 0.3 is 0 Å². The maximum absolute atomic E-state index is 2.44. The molecule has 9 rings (SSSR count). The smallest absolute Gasteiger partial charge is 0.0520 e. The van der Waals surface area contributed by atoms with Crippen molar-refractivity contribution in [3.05, 3.63) is 244 Å². The average molecular weight is 984 g/mol. The van der Waals surface area contributed by atoms with E-state index in [1.54, 1.807) is 0 Å². The lowest BCUT2D eigenvalue weighted by Crippen LogP contribution is -2.16. The molecule has 3 nitrogen and oxygen atoms in total. The van der Waals surface area contributed by atoms with E-state index in [0.29, 0.717) is 0 Å². The van der Waals surface area contributed by atoms with E-state index in [2.05, 4.69) is 313 Å². The van der Waals surface area contributed by atoms with Gasteiger partial charge in [-0.3, -0.25) is 0 Å². The van der Waals surface area contributed by atoms with Crippen LogP contribution in [0.4, 0.5) is 51.2 Å². The molecule has 0 atom stereocenters. The largest absolute Gasteiger partial charge is 0.310 e. The summed E-state index contributed by atoms with van der Waals surface area (Å²) in [4.78, 5) is 7.26. The molecule has 0 aliphatic heterocycles. The molecule has 0 radical (unpaired) electrons. The van der Waals surface area contributed by atoms with Gasteiger partial charge in [-0.25, -0.2) is 0 Å². The van der Waals surface area contributed by atoms with Crippen LogP contribution in [0.5, 0.6) is 0 Å². The Kier molecular flexibility index (Phi) is 14.3. The molecular weight excluding hydrogens is 907 g/mol. The van der Waals surface area contributed by atoms with Crippen molar-refractivity contribution in [1.29, 1.82) is 0 Å². The number of aryl methyl sites for hydroxylation is 6. The number of benzene rings is 9. The molecule has 0 heterocycles. The fourth-order valence-corrected chi connectivity index (χ4v) is 10.8. The van der Waals surface area contributed by atoms with Crippen molar-refractivity contribution in [2.75, 3.05) is 14.7 Å². The van der Waals surface area contributed by atoms with Gasteiger partial charge in [0, 0.05) is 34.1 Å². The zero-order valence-electron chi connectivity index (χ0n) is 47.3. The Labute approximate surface area is 450 Å². The van der Waals surface area contributed by atoms with Gasteiger partial charge < -0.3 is 14.7 Å². The number of nitrogens with zero attached hydrogens (tertiary/aromatic N) is 3. The monoisotopic (exact) mass is 984 g/mol. The van der Waals surface area contributed by atoms with Gasteiger partial charge in [0.2, 0.25) is 0 Å². The summed E-state index contributed by atoms with van der Waals surface area (Å²) < 4.78 is 0. The Bertz CT molecular complexity index is 3170. The molecule has 9 aromatic rings. The van der Waals surface area contributed by atoms with Crippen LogP contribution in [0.2, 0.25) is 0 Å². The minimum Gasteiger partial charge on any atom is -0.310 e. The highest BCUT2D eigenvalue weighted by Gasteiger charge is 2.25. The van der Waals surface area contributed by atoms with Gasteiger partial charge in [-0.1, -0.05) is 184 Å². The third-order valence-corrected chi connectivity index (χ3v) is 14.9. The normalized spacial score (nSPS) is 11.9. The van der Waals surface area contributed by atoms with Crippen LogP contribution in [0.1, 0.15) is 112 Å². The second-order valence-corrected chi connectivity index (χ2v) is 24.0. The molecule has 9 aromatic carbocycles. The first-order valence-electron chi connectivity index (χ1n) is 26.8. The van der Waals surface area contributed by atoms with Crippen LogP contribution >= 0.6 is 0 Å². The molecule has 0 amide bonds. The van der Waals surface area contributed by atoms with Crippen LogP contribution in [0.25, 0.3) is 22.3 Å². The maximum atomic E-state index is 2.44. The summed E-state index contributed by atoms with van der Waals surface area (Å²) >= 11 is 0. The minimum absolute atomic E-state index is 0.0343. The Morgan fingerprint density at radius 2 is 0.400 bits per heavy atom. The Hall–Kier alpha value is -7.62. The molecule has 0 aliphatic rings. The molecule has 0 aliphatic carbocycles. The molecule has 0 saturated carbocycles. The van der Waals surface area contributed by atoms with Crippen molar-refractivity contribution in [1.82, 2.24) is 0 Å². The van der Waals surface area contributed by atoms with Gasteiger partial charge in [-0.05, 0) is 203 Å². The molecule has 0 unspecified atom stereocenters. The van der Waals surface area contributed by atoms with E-state index >= 15 is 0 Å². The number of rotatable bonds is 11. The topological polar surface area (TPSA) is 9.72 Å². The van der Waals surface area contributed by atoms with Crippen molar-refractivity contribution in [3.8, 4) is 22.3 Å². The first-order chi connectivity index (χ1) is 35.6. The van der Waals surface area contributed by atoms with Crippen LogP contribution in [-0.4, -0.2) is 0 Å². The summed E-state index contributed by atoms with van der Waals surface area (Å²) in [5, 5.41) is 0. The van der Waals surface area contributed by atoms with Crippen molar-refractivity contribution in [2.24, 2.45) is 0 Å². The minimum atomic E-state index is 0.0343. The van der Waals surface area contributed by atoms with Gasteiger partial charge in [-0.2, -0.15) is 0 Å². The van der Waals surface area contributed by atoms with E-state index in [1.165, 1.54) is 89.4 Å². The van der Waals surface area contributed by atoms with Crippen LogP contribution in [0.15, 0.2) is 194 Å². The lowest BCUT2D eigenvalue weighted by molar-refractivity contribution is 0.589. The molecule has 75 heavy (non-hydrogen) atoms. The molecule has 0 saturated heterocycles. The zero-order valence-corrected chi connectivity index (χ0v) is 47.3. The van der Waals surface area contributed by atoms with Gasteiger partial charge in [0.1, 0.15) is 0 Å². The predicted molar refractivity (Wildman–Crippen MR) is 326 cm³/mol. The van der Waals surface area contributed by atoms with Crippen LogP contribution in [0, 0.1) is 41.5 Å². The highest BCUT2D eigenvalue weighted by atomic mass is 15.2. The van der Waals surface area contributed by atoms with Crippen LogP contribution in [0.3, 0.4) is 0 Å². The van der Waals surface area contributed by atoms with Crippen LogP contribution < -0.4 is 14.7 Å². The van der Waals surface area contributed by atoms with Crippen molar-refractivity contribution in [3.63, 3.8) is 0 Å². The van der Waals surface area contributed by atoms with E-state index in [4.69, 9.17) is 0 Å². The van der Waals surface area contributed by atoms with Gasteiger partial charge in [-0.15, -0.1) is 0 Å². The van der Waals surface area contributed by atoms with Gasteiger partial charge in [0.15, 0.2) is 0 Å². The quantitative estimate of drug-likeness (QED) is 0.128. The van der Waals surface area contributed by atoms with E-state index in [9.17, 15) is 0 Å². The molecule has 0 N–H and O–H groups in total.